The number of anilines is 1. The van der Waals surface area contributed by atoms with Gasteiger partial charge in [0.25, 0.3) is 11.4 Å². The molecule has 0 spiro atoms. The van der Waals surface area contributed by atoms with Crippen molar-refractivity contribution in [2.45, 2.75) is 29.7 Å². The van der Waals surface area contributed by atoms with Gasteiger partial charge in [0, 0.05) is 12.5 Å². The molecule has 0 unspecified atom stereocenters. The molecule has 0 aliphatic heterocycles. The third kappa shape index (κ3) is 5.66. The molecule has 0 aliphatic rings. The number of hydrogen-bond donors (Lipinski definition) is 2. The first-order valence-electron chi connectivity index (χ1n) is 6.61. The van der Waals surface area contributed by atoms with E-state index in [1.165, 1.54) is 0 Å². The van der Waals surface area contributed by atoms with Crippen LogP contribution in [0.5, 0.6) is 0 Å². The number of non-ortho nitro benzene ring substituents is 1. The minimum Gasteiger partial charge on any atom is -0.356 e. The lowest BCUT2D eigenvalue weighted by Gasteiger charge is -2.27. The summed E-state index contributed by atoms with van der Waals surface area (Å²) in [7, 11) is 0. The second kappa shape index (κ2) is 8.32. The Hall–Kier alpha value is -1.84. The number of nitrogens with one attached hydrogen (secondary N) is 2. The number of benzene rings is 1. The van der Waals surface area contributed by atoms with Crippen molar-refractivity contribution in [2.75, 3.05) is 5.32 Å². The summed E-state index contributed by atoms with van der Waals surface area (Å²) >= 11 is 17.3. The average molecular weight is 400 g/mol. The standard InChI is InChI=1S/C12H13Cl3N4O5/c1-2-3-10(20)17-11(12(13,14)15)16-8-5-4-7(18(21)22)6-9(8)19(23)24/h4-6,11,16H,2-3H2,1H3,(H,17,20)/t11-/m1/s1. The maximum atomic E-state index is 11.7. The summed E-state index contributed by atoms with van der Waals surface area (Å²) in [5, 5.41) is 26.8. The zero-order chi connectivity index (χ0) is 18.5. The SMILES string of the molecule is CCCC(=O)N[C@@H](Nc1ccc([N+](=O)[O-])cc1[N+](=O)[O-])C(Cl)(Cl)Cl. The summed E-state index contributed by atoms with van der Waals surface area (Å²) in [4.78, 5) is 31.9. The predicted octanol–water partition coefficient (Wildman–Crippen LogP) is 3.53. The van der Waals surface area contributed by atoms with Gasteiger partial charge in [0.05, 0.1) is 15.9 Å². The molecule has 24 heavy (non-hydrogen) atoms. The van der Waals surface area contributed by atoms with Crippen molar-refractivity contribution in [1.29, 1.82) is 0 Å². The van der Waals surface area contributed by atoms with Gasteiger partial charge in [0.15, 0.2) is 0 Å². The van der Waals surface area contributed by atoms with Crippen LogP contribution in [0.1, 0.15) is 19.8 Å². The second-order valence-corrected chi connectivity index (χ2v) is 7.02. The van der Waals surface area contributed by atoms with E-state index in [0.717, 1.165) is 18.2 Å². The lowest BCUT2D eigenvalue weighted by Crippen LogP contribution is -2.49. The molecule has 0 heterocycles. The van der Waals surface area contributed by atoms with Crippen LogP contribution >= 0.6 is 34.8 Å². The first-order valence-corrected chi connectivity index (χ1v) is 7.75. The zero-order valence-corrected chi connectivity index (χ0v) is 14.6. The van der Waals surface area contributed by atoms with E-state index >= 15 is 0 Å². The van der Waals surface area contributed by atoms with Crippen molar-refractivity contribution in [1.82, 2.24) is 5.32 Å². The Labute approximate surface area is 151 Å². The van der Waals surface area contributed by atoms with E-state index in [-0.39, 0.29) is 12.1 Å². The highest BCUT2D eigenvalue weighted by molar-refractivity contribution is 6.68. The molecular weight excluding hydrogens is 387 g/mol. The molecule has 0 saturated heterocycles. The van der Waals surface area contributed by atoms with Crippen molar-refractivity contribution in [2.24, 2.45) is 0 Å². The molecule has 0 saturated carbocycles. The Morgan fingerprint density at radius 2 is 1.88 bits per heavy atom. The molecule has 1 aromatic carbocycles. The average Bonchev–Trinajstić information content (AvgIpc) is 2.45. The fourth-order valence-corrected chi connectivity index (χ4v) is 2.05. The van der Waals surface area contributed by atoms with Gasteiger partial charge in [-0.25, -0.2) is 0 Å². The normalized spacial score (nSPS) is 12.3. The lowest BCUT2D eigenvalue weighted by atomic mass is 10.2. The fraction of sp³-hybridized carbons (Fsp3) is 0.417. The maximum absolute atomic E-state index is 11.7. The summed E-state index contributed by atoms with van der Waals surface area (Å²) in [6.45, 7) is 1.78. The fourth-order valence-electron chi connectivity index (χ4n) is 1.72. The van der Waals surface area contributed by atoms with E-state index < -0.39 is 37.1 Å². The van der Waals surface area contributed by atoms with Gasteiger partial charge in [-0.3, -0.25) is 25.0 Å². The van der Waals surface area contributed by atoms with Crippen molar-refractivity contribution in [3.63, 3.8) is 0 Å². The van der Waals surface area contributed by atoms with E-state index in [1.807, 2.05) is 0 Å². The number of rotatable bonds is 7. The molecule has 0 bridgehead atoms. The highest BCUT2D eigenvalue weighted by Gasteiger charge is 2.35. The van der Waals surface area contributed by atoms with Gasteiger partial charge in [0.1, 0.15) is 11.9 Å². The Morgan fingerprint density at radius 1 is 1.25 bits per heavy atom. The maximum Gasteiger partial charge on any atom is 0.299 e. The Balaban J connectivity index is 3.15. The van der Waals surface area contributed by atoms with E-state index in [0.29, 0.717) is 6.42 Å². The van der Waals surface area contributed by atoms with Gasteiger partial charge < -0.3 is 10.6 Å². The summed E-state index contributed by atoms with van der Waals surface area (Å²) < 4.78 is -2.01. The Kier molecular flexibility index (Phi) is 7.00. The highest BCUT2D eigenvalue weighted by atomic mass is 35.6. The molecule has 12 heteroatoms. The van der Waals surface area contributed by atoms with Crippen LogP contribution < -0.4 is 10.6 Å². The van der Waals surface area contributed by atoms with Crippen molar-refractivity contribution >= 4 is 57.8 Å². The highest BCUT2D eigenvalue weighted by Crippen LogP contribution is 2.35. The number of carbonyl (C=O) groups is 1. The van der Waals surface area contributed by atoms with E-state index in [1.54, 1.807) is 6.92 Å². The number of nitro groups is 2. The Morgan fingerprint density at radius 3 is 2.33 bits per heavy atom. The van der Waals surface area contributed by atoms with Crippen LogP contribution in [0.4, 0.5) is 17.1 Å². The van der Waals surface area contributed by atoms with E-state index in [2.05, 4.69) is 10.6 Å². The summed E-state index contributed by atoms with van der Waals surface area (Å²) in [5.74, 6) is -0.425. The summed E-state index contributed by atoms with van der Waals surface area (Å²) in [6, 6.07) is 2.93. The number of halogens is 3. The Bertz CT molecular complexity index is 650. The number of nitrogens with zero attached hydrogens (tertiary/aromatic N) is 2. The molecule has 132 valence electrons. The van der Waals surface area contributed by atoms with Crippen LogP contribution in [0.15, 0.2) is 18.2 Å². The predicted molar refractivity (Wildman–Crippen MR) is 90.5 cm³/mol. The van der Waals surface area contributed by atoms with Crippen LogP contribution in [-0.2, 0) is 4.79 Å². The minimum atomic E-state index is -2.01. The monoisotopic (exact) mass is 398 g/mol. The molecule has 0 aliphatic carbocycles. The molecule has 1 amide bonds. The molecule has 9 nitrogen and oxygen atoms in total. The molecule has 2 N–H and O–H groups in total. The molecular formula is C12H13Cl3N4O5. The van der Waals surface area contributed by atoms with Crippen LogP contribution in [-0.4, -0.2) is 25.7 Å². The van der Waals surface area contributed by atoms with Gasteiger partial charge in [-0.1, -0.05) is 41.7 Å². The van der Waals surface area contributed by atoms with Gasteiger partial charge in [0.2, 0.25) is 9.70 Å². The molecule has 0 fully saturated rings. The third-order valence-corrected chi connectivity index (χ3v) is 3.45. The molecule has 1 aromatic rings. The number of nitro benzene ring substituents is 2. The molecule has 1 atom stereocenters. The number of alkyl halides is 3. The summed E-state index contributed by atoms with van der Waals surface area (Å²) in [5.41, 5.74) is -1.19. The first kappa shape index (κ1) is 20.2. The lowest BCUT2D eigenvalue weighted by molar-refractivity contribution is -0.393. The second-order valence-electron chi connectivity index (χ2n) is 4.65. The van der Waals surface area contributed by atoms with E-state index in [9.17, 15) is 25.0 Å². The van der Waals surface area contributed by atoms with Gasteiger partial charge in [-0.2, -0.15) is 0 Å². The van der Waals surface area contributed by atoms with Crippen molar-refractivity contribution in [3.8, 4) is 0 Å². The quantitative estimate of drug-likeness (QED) is 0.312. The minimum absolute atomic E-state index is 0.140. The number of carbonyl (C=O) groups excluding carboxylic acids is 1. The topological polar surface area (TPSA) is 127 Å². The van der Waals surface area contributed by atoms with Crippen LogP contribution in [0, 0.1) is 20.2 Å². The van der Waals surface area contributed by atoms with Gasteiger partial charge in [-0.15, -0.1) is 0 Å². The molecule has 0 radical (unpaired) electrons. The largest absolute Gasteiger partial charge is 0.356 e. The summed E-state index contributed by atoms with van der Waals surface area (Å²) in [6.07, 6.45) is -0.557. The molecule has 0 aromatic heterocycles. The number of hydrogen-bond acceptors (Lipinski definition) is 6. The molecule has 1 rings (SSSR count). The zero-order valence-electron chi connectivity index (χ0n) is 12.3. The van der Waals surface area contributed by atoms with Crippen LogP contribution in [0.25, 0.3) is 0 Å². The first-order chi connectivity index (χ1) is 11.1. The number of amides is 1. The van der Waals surface area contributed by atoms with Crippen molar-refractivity contribution in [3.05, 3.63) is 38.4 Å². The van der Waals surface area contributed by atoms with Gasteiger partial charge >= 0.3 is 0 Å². The smallest absolute Gasteiger partial charge is 0.299 e. The van der Waals surface area contributed by atoms with Crippen LogP contribution in [0.2, 0.25) is 0 Å². The van der Waals surface area contributed by atoms with Crippen LogP contribution in [0.3, 0.4) is 0 Å². The third-order valence-electron chi connectivity index (χ3n) is 2.80. The van der Waals surface area contributed by atoms with Crippen molar-refractivity contribution < 1.29 is 14.6 Å². The van der Waals surface area contributed by atoms with E-state index in [4.69, 9.17) is 34.8 Å². The van der Waals surface area contributed by atoms with Gasteiger partial charge in [-0.05, 0) is 12.5 Å².